The molecular weight excluding hydrogens is 270 g/mol. The van der Waals surface area contributed by atoms with E-state index in [1.165, 1.54) is 4.90 Å². The average molecular weight is 287 g/mol. The summed E-state index contributed by atoms with van der Waals surface area (Å²) in [6.07, 6.45) is 3.94. The molecule has 110 valence electrons. The molecule has 1 aromatic heterocycles. The van der Waals surface area contributed by atoms with Crippen molar-refractivity contribution in [2.45, 2.75) is 32.4 Å². The minimum Gasteiger partial charge on any atom is -0.480 e. The summed E-state index contributed by atoms with van der Waals surface area (Å²) in [5.74, 6) is -1.17. The molecule has 21 heavy (non-hydrogen) atoms. The Morgan fingerprint density at radius 1 is 1.57 bits per heavy atom. The molecule has 0 bridgehead atoms. The molecule has 2 aliphatic heterocycles. The first-order valence-electron chi connectivity index (χ1n) is 6.80. The fourth-order valence-electron chi connectivity index (χ4n) is 3.32. The number of carboxylic acids is 1. The Balaban J connectivity index is 1.93. The lowest BCUT2D eigenvalue weighted by Crippen LogP contribution is -2.57. The van der Waals surface area contributed by atoms with Crippen molar-refractivity contribution in [2.75, 3.05) is 5.73 Å². The second-order valence-electron chi connectivity index (χ2n) is 6.28. The molecule has 6 heteroatoms. The SMILES string of the molecule is CC1(C)CC2C(=Cc3cc(N)ccn3)C(=O)N2C1C(=O)O. The molecule has 2 aliphatic rings. The van der Waals surface area contributed by atoms with Crippen molar-refractivity contribution in [3.05, 3.63) is 29.6 Å². The number of fused-ring (bicyclic) bond motifs is 1. The summed E-state index contributed by atoms with van der Waals surface area (Å²) in [4.78, 5) is 29.3. The zero-order valence-corrected chi connectivity index (χ0v) is 11.9. The molecule has 3 rings (SSSR count). The summed E-state index contributed by atoms with van der Waals surface area (Å²) in [5, 5.41) is 9.36. The minimum atomic E-state index is -0.947. The van der Waals surface area contributed by atoms with Gasteiger partial charge in [-0.2, -0.15) is 0 Å². The number of nitrogens with two attached hydrogens (primary N) is 1. The molecule has 2 saturated heterocycles. The van der Waals surface area contributed by atoms with Crippen molar-refractivity contribution in [2.24, 2.45) is 5.41 Å². The van der Waals surface area contributed by atoms with Crippen LogP contribution in [0.5, 0.6) is 0 Å². The van der Waals surface area contributed by atoms with Crippen molar-refractivity contribution in [1.29, 1.82) is 0 Å². The summed E-state index contributed by atoms with van der Waals surface area (Å²) in [5.41, 5.74) is 7.07. The van der Waals surface area contributed by atoms with Gasteiger partial charge in [-0.15, -0.1) is 0 Å². The number of pyridine rings is 1. The Morgan fingerprint density at radius 2 is 2.29 bits per heavy atom. The summed E-state index contributed by atoms with van der Waals surface area (Å²) < 4.78 is 0. The van der Waals surface area contributed by atoms with Crippen LogP contribution in [0.25, 0.3) is 6.08 Å². The van der Waals surface area contributed by atoms with Gasteiger partial charge in [-0.05, 0) is 30.0 Å². The van der Waals surface area contributed by atoms with E-state index in [-0.39, 0.29) is 11.9 Å². The summed E-state index contributed by atoms with van der Waals surface area (Å²) in [6.45, 7) is 3.77. The van der Waals surface area contributed by atoms with E-state index in [4.69, 9.17) is 5.73 Å². The van der Waals surface area contributed by atoms with Crippen LogP contribution in [-0.2, 0) is 9.59 Å². The van der Waals surface area contributed by atoms with Crippen molar-refractivity contribution >= 4 is 23.6 Å². The predicted octanol–water partition coefficient (Wildman–Crippen LogP) is 1.14. The number of aliphatic carboxylic acids is 1. The largest absolute Gasteiger partial charge is 0.480 e. The van der Waals surface area contributed by atoms with Gasteiger partial charge in [0.15, 0.2) is 0 Å². The Kier molecular flexibility index (Phi) is 2.79. The molecule has 2 unspecified atom stereocenters. The van der Waals surface area contributed by atoms with E-state index in [0.717, 1.165) is 0 Å². The number of anilines is 1. The van der Waals surface area contributed by atoms with Gasteiger partial charge in [-0.3, -0.25) is 9.78 Å². The monoisotopic (exact) mass is 287 g/mol. The highest BCUT2D eigenvalue weighted by atomic mass is 16.4. The summed E-state index contributed by atoms with van der Waals surface area (Å²) in [7, 11) is 0. The summed E-state index contributed by atoms with van der Waals surface area (Å²) >= 11 is 0. The number of aromatic nitrogens is 1. The molecule has 0 saturated carbocycles. The number of hydrogen-bond donors (Lipinski definition) is 2. The first-order valence-corrected chi connectivity index (χ1v) is 6.80. The number of nitrogen functional groups attached to an aromatic ring is 1. The molecule has 1 aromatic rings. The van der Waals surface area contributed by atoms with Crippen LogP contribution in [0.2, 0.25) is 0 Å². The van der Waals surface area contributed by atoms with E-state index < -0.39 is 17.4 Å². The molecule has 3 N–H and O–H groups in total. The van der Waals surface area contributed by atoms with Crippen molar-refractivity contribution in [1.82, 2.24) is 9.88 Å². The van der Waals surface area contributed by atoms with Crippen LogP contribution in [0.3, 0.4) is 0 Å². The molecule has 0 aromatic carbocycles. The molecule has 0 aliphatic carbocycles. The molecular formula is C15H17N3O3. The normalized spacial score (nSPS) is 28.4. The lowest BCUT2D eigenvalue weighted by molar-refractivity contribution is -0.154. The third-order valence-electron chi connectivity index (χ3n) is 4.26. The number of amides is 1. The zero-order valence-electron chi connectivity index (χ0n) is 11.9. The van der Waals surface area contributed by atoms with Crippen LogP contribution >= 0.6 is 0 Å². The van der Waals surface area contributed by atoms with Crippen LogP contribution in [0, 0.1) is 5.41 Å². The second kappa shape index (κ2) is 4.31. The lowest BCUT2D eigenvalue weighted by Gasteiger charge is -2.40. The van der Waals surface area contributed by atoms with Crippen molar-refractivity contribution < 1.29 is 14.7 Å². The number of carbonyl (C=O) groups excluding carboxylic acids is 1. The van der Waals surface area contributed by atoms with Crippen LogP contribution in [0.1, 0.15) is 26.0 Å². The fourth-order valence-corrected chi connectivity index (χ4v) is 3.32. The predicted molar refractivity (Wildman–Crippen MR) is 77.1 cm³/mol. The van der Waals surface area contributed by atoms with E-state index >= 15 is 0 Å². The molecule has 2 fully saturated rings. The molecule has 1 amide bonds. The van der Waals surface area contributed by atoms with Crippen LogP contribution in [0.15, 0.2) is 23.9 Å². The summed E-state index contributed by atoms with van der Waals surface area (Å²) in [6, 6.07) is 2.46. The lowest BCUT2D eigenvalue weighted by atomic mass is 9.83. The first-order chi connectivity index (χ1) is 9.81. The first kappa shape index (κ1) is 13.6. The standard InChI is InChI=1S/C15H17N3O3/c1-15(2)7-11-10(6-9-5-8(16)3-4-17-9)13(19)18(11)12(15)14(20)21/h3-6,11-12H,7H2,1-2H3,(H2,16,17)(H,20,21). The number of rotatable bonds is 2. The van der Waals surface area contributed by atoms with Gasteiger partial charge in [0, 0.05) is 17.5 Å². The highest BCUT2D eigenvalue weighted by Crippen LogP contribution is 2.49. The van der Waals surface area contributed by atoms with Gasteiger partial charge in [-0.1, -0.05) is 13.8 Å². The quantitative estimate of drug-likeness (QED) is 0.628. The molecule has 6 nitrogen and oxygen atoms in total. The van der Waals surface area contributed by atoms with Gasteiger partial charge in [0.05, 0.1) is 11.7 Å². The number of hydrogen-bond acceptors (Lipinski definition) is 4. The average Bonchev–Trinajstić information content (AvgIpc) is 2.65. The smallest absolute Gasteiger partial charge is 0.327 e. The maximum Gasteiger partial charge on any atom is 0.327 e. The van der Waals surface area contributed by atoms with Gasteiger partial charge in [0.2, 0.25) is 0 Å². The highest BCUT2D eigenvalue weighted by Gasteiger charge is 2.60. The number of carboxylic acid groups (broad SMARTS) is 1. The maximum absolute atomic E-state index is 12.3. The molecule has 3 heterocycles. The van der Waals surface area contributed by atoms with E-state index in [1.807, 2.05) is 13.8 Å². The van der Waals surface area contributed by atoms with E-state index in [0.29, 0.717) is 23.4 Å². The van der Waals surface area contributed by atoms with Crippen molar-refractivity contribution in [3.63, 3.8) is 0 Å². The number of β-lactam (4-membered cyclic amide) rings is 1. The molecule has 0 radical (unpaired) electrons. The number of carbonyl (C=O) groups is 2. The van der Waals surface area contributed by atoms with Crippen LogP contribution in [-0.4, -0.2) is 39.0 Å². The van der Waals surface area contributed by atoms with E-state index in [9.17, 15) is 14.7 Å². The Bertz CT molecular complexity index is 666. The third-order valence-corrected chi connectivity index (χ3v) is 4.26. The van der Waals surface area contributed by atoms with Gasteiger partial charge < -0.3 is 15.7 Å². The Labute approximate surface area is 122 Å². The number of nitrogens with zero attached hydrogens (tertiary/aromatic N) is 2. The Hall–Kier alpha value is -2.37. The Morgan fingerprint density at radius 3 is 2.90 bits per heavy atom. The van der Waals surface area contributed by atoms with Crippen LogP contribution in [0.4, 0.5) is 5.69 Å². The topological polar surface area (TPSA) is 96.5 Å². The van der Waals surface area contributed by atoms with Gasteiger partial charge >= 0.3 is 5.97 Å². The maximum atomic E-state index is 12.3. The van der Waals surface area contributed by atoms with Gasteiger partial charge in [-0.25, -0.2) is 4.79 Å². The fraction of sp³-hybridized carbons (Fsp3) is 0.400. The van der Waals surface area contributed by atoms with Crippen molar-refractivity contribution in [3.8, 4) is 0 Å². The van der Waals surface area contributed by atoms with E-state index in [1.54, 1.807) is 24.4 Å². The van der Waals surface area contributed by atoms with Gasteiger partial charge in [0.1, 0.15) is 6.04 Å². The minimum absolute atomic E-state index is 0.142. The van der Waals surface area contributed by atoms with Crippen LogP contribution < -0.4 is 5.73 Å². The van der Waals surface area contributed by atoms with E-state index in [2.05, 4.69) is 4.98 Å². The zero-order chi connectivity index (χ0) is 15.4. The second-order valence-corrected chi connectivity index (χ2v) is 6.28. The third kappa shape index (κ3) is 1.98. The van der Waals surface area contributed by atoms with Gasteiger partial charge in [0.25, 0.3) is 5.91 Å². The highest BCUT2D eigenvalue weighted by molar-refractivity contribution is 6.08. The molecule has 2 atom stereocenters. The molecule has 0 spiro atoms.